The Kier molecular flexibility index (Phi) is 5.39. The maximum atomic E-state index is 14.1. The molecular formula is C19H29FN4. The smallest absolute Gasteiger partial charge is 0.191 e. The molecule has 1 aliphatic carbocycles. The zero-order chi connectivity index (χ0) is 17.0. The van der Waals surface area contributed by atoms with Crippen LogP contribution < -0.4 is 10.6 Å². The van der Waals surface area contributed by atoms with Crippen LogP contribution >= 0.6 is 0 Å². The van der Waals surface area contributed by atoms with Crippen molar-refractivity contribution in [2.24, 2.45) is 4.99 Å². The lowest BCUT2D eigenvalue weighted by Gasteiger charge is -2.25. The van der Waals surface area contributed by atoms with E-state index in [4.69, 9.17) is 0 Å². The molecule has 0 radical (unpaired) electrons. The third-order valence-electron chi connectivity index (χ3n) is 5.53. The number of nitrogens with zero attached hydrogens (tertiary/aromatic N) is 2. The van der Waals surface area contributed by atoms with Gasteiger partial charge in [-0.25, -0.2) is 4.39 Å². The summed E-state index contributed by atoms with van der Waals surface area (Å²) in [7, 11) is 1.80. The van der Waals surface area contributed by atoms with Gasteiger partial charge in [0.25, 0.3) is 0 Å². The first-order valence-corrected chi connectivity index (χ1v) is 9.12. The van der Waals surface area contributed by atoms with Gasteiger partial charge in [0.15, 0.2) is 5.96 Å². The number of likely N-dealkylation sites (N-methyl/N-ethyl adjacent to an activating group) is 1. The Labute approximate surface area is 144 Å². The van der Waals surface area contributed by atoms with Crippen LogP contribution in [-0.2, 0) is 5.41 Å². The zero-order valence-corrected chi connectivity index (χ0v) is 14.8. The second-order valence-corrected chi connectivity index (χ2v) is 6.99. The van der Waals surface area contributed by atoms with Crippen LogP contribution in [0.4, 0.5) is 4.39 Å². The van der Waals surface area contributed by atoms with Gasteiger partial charge in [0, 0.05) is 31.6 Å². The summed E-state index contributed by atoms with van der Waals surface area (Å²) < 4.78 is 14.1. The van der Waals surface area contributed by atoms with Gasteiger partial charge >= 0.3 is 0 Å². The molecule has 1 unspecified atom stereocenters. The first kappa shape index (κ1) is 17.2. The van der Waals surface area contributed by atoms with E-state index in [1.165, 1.54) is 19.4 Å². The quantitative estimate of drug-likeness (QED) is 0.621. The van der Waals surface area contributed by atoms with E-state index >= 15 is 0 Å². The molecule has 2 aliphatic rings. The van der Waals surface area contributed by atoms with Gasteiger partial charge in [0.2, 0.25) is 0 Å². The Bertz CT molecular complexity index is 582. The summed E-state index contributed by atoms with van der Waals surface area (Å²) in [5.74, 6) is 0.727. The fraction of sp³-hybridized carbons (Fsp3) is 0.632. The normalized spacial score (nSPS) is 23.3. The fourth-order valence-corrected chi connectivity index (χ4v) is 3.81. The minimum absolute atomic E-state index is 0.0637. The van der Waals surface area contributed by atoms with Crippen molar-refractivity contribution in [3.05, 3.63) is 35.6 Å². The van der Waals surface area contributed by atoms with Crippen LogP contribution in [0, 0.1) is 5.82 Å². The summed E-state index contributed by atoms with van der Waals surface area (Å²) >= 11 is 0. The lowest BCUT2D eigenvalue weighted by molar-refractivity contribution is 0.267. The Morgan fingerprint density at radius 2 is 2.12 bits per heavy atom. The predicted molar refractivity (Wildman–Crippen MR) is 96.9 cm³/mol. The molecule has 24 heavy (non-hydrogen) atoms. The first-order valence-electron chi connectivity index (χ1n) is 9.12. The van der Waals surface area contributed by atoms with Gasteiger partial charge in [-0.15, -0.1) is 0 Å². The summed E-state index contributed by atoms with van der Waals surface area (Å²) in [5, 5.41) is 6.85. The fourth-order valence-electron chi connectivity index (χ4n) is 3.81. The van der Waals surface area contributed by atoms with E-state index in [9.17, 15) is 4.39 Å². The second kappa shape index (κ2) is 7.51. The molecule has 1 aromatic rings. The van der Waals surface area contributed by atoms with Gasteiger partial charge in [0.05, 0.1) is 0 Å². The Morgan fingerprint density at radius 1 is 1.33 bits per heavy atom. The van der Waals surface area contributed by atoms with Crippen LogP contribution in [0.5, 0.6) is 0 Å². The van der Waals surface area contributed by atoms with Gasteiger partial charge in [-0.1, -0.05) is 25.1 Å². The molecule has 0 bridgehead atoms. The van der Waals surface area contributed by atoms with Gasteiger partial charge in [-0.2, -0.15) is 0 Å². The Balaban J connectivity index is 1.52. The highest BCUT2D eigenvalue weighted by molar-refractivity contribution is 5.79. The van der Waals surface area contributed by atoms with Crippen molar-refractivity contribution in [2.75, 3.05) is 33.2 Å². The van der Waals surface area contributed by atoms with E-state index in [1.807, 2.05) is 12.1 Å². The molecule has 2 N–H and O–H groups in total. The molecule has 1 aliphatic heterocycles. The molecule has 1 saturated heterocycles. The molecule has 5 heteroatoms. The van der Waals surface area contributed by atoms with Crippen LogP contribution in [0.2, 0.25) is 0 Å². The van der Waals surface area contributed by atoms with Crippen LogP contribution in [-0.4, -0.2) is 50.1 Å². The van der Waals surface area contributed by atoms with Gasteiger partial charge in [-0.05, 0) is 50.4 Å². The van der Waals surface area contributed by atoms with E-state index in [1.54, 1.807) is 19.2 Å². The van der Waals surface area contributed by atoms with Crippen molar-refractivity contribution in [3.8, 4) is 0 Å². The van der Waals surface area contributed by atoms with Gasteiger partial charge < -0.3 is 10.6 Å². The van der Waals surface area contributed by atoms with Crippen LogP contribution in [0.25, 0.3) is 0 Å². The average Bonchev–Trinajstić information content (AvgIpc) is 3.25. The van der Waals surface area contributed by atoms with Crippen LogP contribution in [0.1, 0.15) is 38.2 Å². The minimum Gasteiger partial charge on any atom is -0.356 e. The molecule has 3 rings (SSSR count). The third kappa shape index (κ3) is 3.72. The molecular weight excluding hydrogens is 303 g/mol. The number of benzene rings is 1. The highest BCUT2D eigenvalue weighted by Gasteiger charge is 2.45. The maximum absolute atomic E-state index is 14.1. The Hall–Kier alpha value is -1.62. The summed E-state index contributed by atoms with van der Waals surface area (Å²) in [6.07, 6.45) is 4.59. The molecule has 1 saturated carbocycles. The predicted octanol–water partition coefficient (Wildman–Crippen LogP) is 2.51. The van der Waals surface area contributed by atoms with Crippen molar-refractivity contribution in [1.29, 1.82) is 0 Å². The minimum atomic E-state index is -0.0933. The molecule has 1 aromatic carbocycles. The lowest BCUT2D eigenvalue weighted by atomic mass is 9.95. The van der Waals surface area contributed by atoms with Crippen LogP contribution in [0.3, 0.4) is 0 Å². The number of aliphatic imine (C=N–C) groups is 1. The highest BCUT2D eigenvalue weighted by Crippen LogP contribution is 2.48. The van der Waals surface area contributed by atoms with Gasteiger partial charge in [0.1, 0.15) is 5.82 Å². The number of halogens is 1. The third-order valence-corrected chi connectivity index (χ3v) is 5.53. The van der Waals surface area contributed by atoms with Crippen molar-refractivity contribution < 1.29 is 4.39 Å². The zero-order valence-electron chi connectivity index (χ0n) is 14.8. The molecule has 4 nitrogen and oxygen atoms in total. The summed E-state index contributed by atoms with van der Waals surface area (Å²) in [5.41, 5.74) is 0.770. The topological polar surface area (TPSA) is 39.7 Å². The average molecular weight is 332 g/mol. The SMILES string of the molecule is CCN1CCCC1CNC(=NC)NCC1(c2ccccc2F)CC1. The molecule has 1 heterocycles. The largest absolute Gasteiger partial charge is 0.356 e. The highest BCUT2D eigenvalue weighted by atomic mass is 19.1. The van der Waals surface area contributed by atoms with Crippen molar-refractivity contribution >= 4 is 5.96 Å². The summed E-state index contributed by atoms with van der Waals surface area (Å²) in [4.78, 5) is 6.84. The van der Waals surface area contributed by atoms with E-state index < -0.39 is 0 Å². The molecule has 0 amide bonds. The van der Waals surface area contributed by atoms with Crippen molar-refractivity contribution in [2.45, 2.75) is 44.1 Å². The number of guanidine groups is 1. The number of hydrogen-bond donors (Lipinski definition) is 2. The maximum Gasteiger partial charge on any atom is 0.191 e. The van der Waals surface area contributed by atoms with E-state index in [-0.39, 0.29) is 11.2 Å². The second-order valence-electron chi connectivity index (χ2n) is 6.99. The summed E-state index contributed by atoms with van der Waals surface area (Å²) in [6, 6.07) is 7.74. The molecule has 0 spiro atoms. The van der Waals surface area contributed by atoms with E-state index in [0.717, 1.165) is 44.0 Å². The first-order chi connectivity index (χ1) is 11.7. The van der Waals surface area contributed by atoms with E-state index in [2.05, 4.69) is 27.4 Å². The van der Waals surface area contributed by atoms with Crippen molar-refractivity contribution in [3.63, 3.8) is 0 Å². The Morgan fingerprint density at radius 3 is 2.79 bits per heavy atom. The van der Waals surface area contributed by atoms with E-state index in [0.29, 0.717) is 6.04 Å². The number of rotatable bonds is 6. The number of hydrogen-bond acceptors (Lipinski definition) is 2. The van der Waals surface area contributed by atoms with Gasteiger partial charge in [-0.3, -0.25) is 9.89 Å². The standard InChI is InChI=1S/C19H29FN4/c1-3-24-12-6-7-15(24)13-22-18(21-2)23-14-19(10-11-19)16-8-4-5-9-17(16)20/h4-5,8-9,15H,3,6-7,10-14H2,1-2H3,(H2,21,22,23). The van der Waals surface area contributed by atoms with Crippen LogP contribution in [0.15, 0.2) is 29.3 Å². The number of likely N-dealkylation sites (tertiary alicyclic amines) is 1. The van der Waals surface area contributed by atoms with Crippen molar-refractivity contribution in [1.82, 2.24) is 15.5 Å². The molecule has 132 valence electrons. The molecule has 2 fully saturated rings. The summed E-state index contributed by atoms with van der Waals surface area (Å²) in [6.45, 7) is 6.17. The lowest BCUT2D eigenvalue weighted by Crippen LogP contribution is -2.46. The molecule has 1 atom stereocenters. The molecule has 0 aromatic heterocycles. The number of nitrogens with one attached hydrogen (secondary N) is 2. The monoisotopic (exact) mass is 332 g/mol.